The second-order valence-electron chi connectivity index (χ2n) is 9.45. The molecule has 0 bridgehead atoms. The first-order chi connectivity index (χ1) is 18.5. The third kappa shape index (κ3) is 6.67. The summed E-state index contributed by atoms with van der Waals surface area (Å²) in [5.74, 6) is 1.39. The average Bonchev–Trinajstić information content (AvgIpc) is 3.46. The fraction of sp³-hybridized carbons (Fsp3) is 0.400. The predicted molar refractivity (Wildman–Crippen MR) is 149 cm³/mol. The van der Waals surface area contributed by atoms with Gasteiger partial charge in [0.05, 0.1) is 34.3 Å². The molecule has 7 nitrogen and oxygen atoms in total. The number of ether oxygens (including phenoxy) is 3. The fourth-order valence-electron chi connectivity index (χ4n) is 5.03. The Kier molecular flexibility index (Phi) is 9.65. The molecule has 1 aliphatic rings. The maximum Gasteiger partial charge on any atom is 0.247 e. The van der Waals surface area contributed by atoms with E-state index in [9.17, 15) is 9.59 Å². The van der Waals surface area contributed by atoms with E-state index in [2.05, 4.69) is 5.32 Å². The second kappa shape index (κ2) is 13.3. The van der Waals surface area contributed by atoms with Crippen LogP contribution in [0, 0.1) is 0 Å². The lowest BCUT2D eigenvalue weighted by Gasteiger charge is -2.34. The number of nitrogens with zero attached hydrogens (tertiary/aromatic N) is 1. The number of hydrogen-bond acceptors (Lipinski definition) is 6. The predicted octanol–water partition coefficient (Wildman–Crippen LogP) is 5.54. The molecule has 8 heteroatoms. The Bertz CT molecular complexity index is 1210. The van der Waals surface area contributed by atoms with Crippen molar-refractivity contribution in [3.63, 3.8) is 0 Å². The number of amides is 2. The van der Waals surface area contributed by atoms with Crippen molar-refractivity contribution in [3.05, 3.63) is 76.0 Å². The number of para-hydroxylation sites is 1. The number of carbonyl (C=O) groups excluding carboxylic acids is 2. The number of benzene rings is 2. The van der Waals surface area contributed by atoms with E-state index in [4.69, 9.17) is 14.2 Å². The third-order valence-corrected chi connectivity index (χ3v) is 7.87. The second-order valence-corrected chi connectivity index (χ2v) is 10.5. The first-order valence-electron chi connectivity index (χ1n) is 13.0. The SMILES string of the molecule is COc1ccccc1CN(C(=O)Cc1cccs1)C(C(=O)NC1CCCCC1)c1ccc(OC)c(OC)c1. The number of hydrogen-bond donors (Lipinski definition) is 1. The molecule has 38 heavy (non-hydrogen) atoms. The summed E-state index contributed by atoms with van der Waals surface area (Å²) in [4.78, 5) is 30.6. The molecule has 2 aromatic carbocycles. The Morgan fingerprint density at radius 3 is 2.34 bits per heavy atom. The van der Waals surface area contributed by atoms with Gasteiger partial charge in [-0.1, -0.05) is 49.6 Å². The molecular formula is C30H36N2O5S. The van der Waals surface area contributed by atoms with Gasteiger partial charge in [-0.05, 0) is 48.1 Å². The molecule has 1 aromatic heterocycles. The van der Waals surface area contributed by atoms with E-state index < -0.39 is 6.04 Å². The molecular weight excluding hydrogens is 500 g/mol. The van der Waals surface area contributed by atoms with Crippen molar-refractivity contribution in [2.75, 3.05) is 21.3 Å². The summed E-state index contributed by atoms with van der Waals surface area (Å²) in [5, 5.41) is 5.21. The largest absolute Gasteiger partial charge is 0.496 e. The number of thiophene rings is 1. The summed E-state index contributed by atoms with van der Waals surface area (Å²) in [6.07, 6.45) is 5.46. The Labute approximate surface area is 228 Å². The molecule has 0 radical (unpaired) electrons. The van der Waals surface area contributed by atoms with Crippen LogP contribution in [-0.2, 0) is 22.6 Å². The van der Waals surface area contributed by atoms with Crippen LogP contribution in [0.3, 0.4) is 0 Å². The van der Waals surface area contributed by atoms with Gasteiger partial charge >= 0.3 is 0 Å². The highest BCUT2D eigenvalue weighted by Crippen LogP contribution is 2.34. The van der Waals surface area contributed by atoms with Gasteiger partial charge in [0.1, 0.15) is 11.8 Å². The summed E-state index contributed by atoms with van der Waals surface area (Å²) >= 11 is 1.53. The van der Waals surface area contributed by atoms with Crippen molar-refractivity contribution in [1.82, 2.24) is 10.2 Å². The van der Waals surface area contributed by atoms with Crippen LogP contribution >= 0.6 is 11.3 Å². The fourth-order valence-corrected chi connectivity index (χ4v) is 5.72. The molecule has 0 spiro atoms. The van der Waals surface area contributed by atoms with Gasteiger partial charge < -0.3 is 24.4 Å². The molecule has 1 atom stereocenters. The Morgan fingerprint density at radius 2 is 1.66 bits per heavy atom. The third-order valence-electron chi connectivity index (χ3n) is 6.99. The number of methoxy groups -OCH3 is 3. The van der Waals surface area contributed by atoms with Gasteiger partial charge in [-0.15, -0.1) is 11.3 Å². The van der Waals surface area contributed by atoms with Crippen molar-refractivity contribution in [2.24, 2.45) is 0 Å². The molecule has 202 valence electrons. The van der Waals surface area contributed by atoms with Gasteiger partial charge in [0.25, 0.3) is 0 Å². The maximum absolute atomic E-state index is 14.1. The van der Waals surface area contributed by atoms with Gasteiger partial charge in [-0.25, -0.2) is 0 Å². The lowest BCUT2D eigenvalue weighted by molar-refractivity contribution is -0.141. The van der Waals surface area contributed by atoms with Gasteiger partial charge in [-0.3, -0.25) is 9.59 Å². The zero-order valence-electron chi connectivity index (χ0n) is 22.3. The average molecular weight is 537 g/mol. The van der Waals surface area contributed by atoms with E-state index >= 15 is 0 Å². The van der Waals surface area contributed by atoms with E-state index in [0.29, 0.717) is 22.8 Å². The maximum atomic E-state index is 14.1. The zero-order valence-corrected chi connectivity index (χ0v) is 23.1. The quantitative estimate of drug-likeness (QED) is 0.348. The summed E-state index contributed by atoms with van der Waals surface area (Å²) in [5.41, 5.74) is 1.48. The lowest BCUT2D eigenvalue weighted by atomic mass is 9.94. The summed E-state index contributed by atoms with van der Waals surface area (Å²) in [7, 11) is 4.74. The van der Waals surface area contributed by atoms with Crippen LogP contribution in [0.4, 0.5) is 0 Å². The van der Waals surface area contributed by atoms with Crippen LogP contribution in [-0.4, -0.2) is 44.1 Å². The van der Waals surface area contributed by atoms with Crippen molar-refractivity contribution < 1.29 is 23.8 Å². The molecule has 1 unspecified atom stereocenters. The highest BCUT2D eigenvalue weighted by atomic mass is 32.1. The molecule has 1 aliphatic carbocycles. The van der Waals surface area contributed by atoms with Gasteiger partial charge in [-0.2, -0.15) is 0 Å². The molecule has 4 rings (SSSR count). The molecule has 1 saturated carbocycles. The molecule has 0 saturated heterocycles. The van der Waals surface area contributed by atoms with Crippen LogP contribution < -0.4 is 19.5 Å². The number of carbonyl (C=O) groups is 2. The molecule has 2 amide bonds. The van der Waals surface area contributed by atoms with Crippen LogP contribution in [0.1, 0.15) is 54.1 Å². The minimum atomic E-state index is -0.867. The summed E-state index contributed by atoms with van der Waals surface area (Å²) in [6.45, 7) is 0.214. The first-order valence-corrected chi connectivity index (χ1v) is 13.9. The van der Waals surface area contributed by atoms with Crippen LogP contribution in [0.2, 0.25) is 0 Å². The van der Waals surface area contributed by atoms with Crippen LogP contribution in [0.5, 0.6) is 17.2 Å². The van der Waals surface area contributed by atoms with E-state index in [0.717, 1.165) is 36.1 Å². The first kappa shape index (κ1) is 27.5. The monoisotopic (exact) mass is 536 g/mol. The van der Waals surface area contributed by atoms with Crippen LogP contribution in [0.15, 0.2) is 60.0 Å². The highest BCUT2D eigenvalue weighted by molar-refractivity contribution is 7.10. The molecule has 3 aromatic rings. The Morgan fingerprint density at radius 1 is 0.921 bits per heavy atom. The molecule has 1 fully saturated rings. The minimum absolute atomic E-state index is 0.0967. The van der Waals surface area contributed by atoms with E-state index in [1.807, 2.05) is 47.8 Å². The minimum Gasteiger partial charge on any atom is -0.496 e. The summed E-state index contributed by atoms with van der Waals surface area (Å²) in [6, 6.07) is 16.1. The van der Waals surface area contributed by atoms with Crippen LogP contribution in [0.25, 0.3) is 0 Å². The smallest absolute Gasteiger partial charge is 0.247 e. The Balaban J connectivity index is 1.77. The van der Waals surface area contributed by atoms with Gasteiger partial charge in [0.15, 0.2) is 11.5 Å². The van der Waals surface area contributed by atoms with E-state index in [1.54, 1.807) is 38.4 Å². The molecule has 1 heterocycles. The van der Waals surface area contributed by atoms with Crippen molar-refractivity contribution in [1.29, 1.82) is 0 Å². The molecule has 1 N–H and O–H groups in total. The standard InChI is InChI=1S/C30H36N2O5S/c1-35-25-14-8-7-10-22(25)20-32(28(33)19-24-13-9-17-38-24)29(30(34)31-23-11-5-4-6-12-23)21-15-16-26(36-2)27(18-21)37-3/h7-10,13-18,23,29H,4-6,11-12,19-20H2,1-3H3,(H,31,34). The van der Waals surface area contributed by atoms with Crippen molar-refractivity contribution in [2.45, 2.75) is 57.2 Å². The number of nitrogens with one attached hydrogen (secondary N) is 1. The molecule has 0 aliphatic heterocycles. The lowest BCUT2D eigenvalue weighted by Crippen LogP contribution is -2.47. The number of rotatable bonds is 11. The van der Waals surface area contributed by atoms with E-state index in [1.165, 1.54) is 17.8 Å². The van der Waals surface area contributed by atoms with Gasteiger partial charge in [0, 0.05) is 16.5 Å². The van der Waals surface area contributed by atoms with Gasteiger partial charge in [0.2, 0.25) is 11.8 Å². The topological polar surface area (TPSA) is 77.1 Å². The van der Waals surface area contributed by atoms with E-state index in [-0.39, 0.29) is 30.8 Å². The Hall–Kier alpha value is -3.52. The summed E-state index contributed by atoms with van der Waals surface area (Å²) < 4.78 is 16.6. The highest BCUT2D eigenvalue weighted by Gasteiger charge is 2.34. The normalized spacial score (nSPS) is 14.4. The van der Waals surface area contributed by atoms with Crippen molar-refractivity contribution >= 4 is 23.2 Å². The zero-order chi connectivity index (χ0) is 26.9. The van der Waals surface area contributed by atoms with Crippen molar-refractivity contribution in [3.8, 4) is 17.2 Å².